The van der Waals surface area contributed by atoms with Crippen LogP contribution in [0.15, 0.2) is 88.7 Å². The molecule has 3 rings (SSSR count). The van der Waals surface area contributed by atoms with Crippen LogP contribution in [0.2, 0.25) is 0 Å². The van der Waals surface area contributed by atoms with E-state index in [1.165, 1.54) is 0 Å². The zero-order valence-corrected chi connectivity index (χ0v) is 18.0. The molecule has 0 aliphatic carbocycles. The zero-order chi connectivity index (χ0) is 18.5. The summed E-state index contributed by atoms with van der Waals surface area (Å²) in [6.45, 7) is 4.01. The van der Waals surface area contributed by atoms with Gasteiger partial charge in [-0.25, -0.2) is 0 Å². The van der Waals surface area contributed by atoms with Gasteiger partial charge in [0.1, 0.15) is 0 Å². The van der Waals surface area contributed by atoms with Crippen LogP contribution in [0.5, 0.6) is 0 Å². The minimum absolute atomic E-state index is 0.174. The van der Waals surface area contributed by atoms with E-state index in [0.717, 1.165) is 25.4 Å². The SMILES string of the molecule is Cc1ccc(S(=O)C([Se]c2ccccc2)S(=O)c2ccc(C)cc2)cc1. The summed E-state index contributed by atoms with van der Waals surface area (Å²) >= 11 is -0.174. The van der Waals surface area contributed by atoms with Gasteiger partial charge in [-0.05, 0) is 0 Å². The van der Waals surface area contributed by atoms with E-state index >= 15 is 0 Å². The molecular weight excluding hydrogens is 427 g/mol. The summed E-state index contributed by atoms with van der Waals surface area (Å²) in [5, 5.41) is 0. The van der Waals surface area contributed by atoms with Crippen molar-refractivity contribution < 1.29 is 8.42 Å². The van der Waals surface area contributed by atoms with Gasteiger partial charge in [0, 0.05) is 0 Å². The first-order chi connectivity index (χ1) is 12.5. The molecule has 0 amide bonds. The second-order valence-electron chi connectivity index (χ2n) is 5.94. The monoisotopic (exact) mass is 448 g/mol. The van der Waals surface area contributed by atoms with Gasteiger partial charge in [-0.3, -0.25) is 0 Å². The fraction of sp³-hybridized carbons (Fsp3) is 0.143. The predicted molar refractivity (Wildman–Crippen MR) is 111 cm³/mol. The van der Waals surface area contributed by atoms with Crippen LogP contribution in [0.25, 0.3) is 0 Å². The zero-order valence-electron chi connectivity index (χ0n) is 14.6. The number of aryl methyl sites for hydroxylation is 2. The summed E-state index contributed by atoms with van der Waals surface area (Å²) in [5.41, 5.74) is 2.24. The van der Waals surface area contributed by atoms with Crippen LogP contribution >= 0.6 is 0 Å². The molecule has 3 aromatic rings. The molecule has 0 saturated carbocycles. The molecule has 3 aromatic carbocycles. The summed E-state index contributed by atoms with van der Waals surface area (Å²) in [4.78, 5) is 1.47. The Labute approximate surface area is 166 Å². The normalized spacial score (nSPS) is 14.5. The topological polar surface area (TPSA) is 34.1 Å². The Kier molecular flexibility index (Phi) is 6.60. The summed E-state index contributed by atoms with van der Waals surface area (Å²) < 4.78 is 27.2. The van der Waals surface area contributed by atoms with Gasteiger partial charge in [-0.1, -0.05) is 0 Å². The van der Waals surface area contributed by atoms with Gasteiger partial charge in [0.05, 0.1) is 0 Å². The van der Waals surface area contributed by atoms with E-state index in [9.17, 15) is 8.42 Å². The van der Waals surface area contributed by atoms with Crippen molar-refractivity contribution in [3.8, 4) is 0 Å². The minimum atomic E-state index is -1.34. The van der Waals surface area contributed by atoms with Gasteiger partial charge in [-0.15, -0.1) is 0 Å². The van der Waals surface area contributed by atoms with Crippen LogP contribution < -0.4 is 4.46 Å². The second-order valence-corrected chi connectivity index (χ2v) is 13.1. The fourth-order valence-electron chi connectivity index (χ4n) is 2.34. The van der Waals surface area contributed by atoms with E-state index in [4.69, 9.17) is 0 Å². The van der Waals surface area contributed by atoms with Gasteiger partial charge in [0.15, 0.2) is 0 Å². The molecule has 2 unspecified atom stereocenters. The van der Waals surface area contributed by atoms with Crippen molar-refractivity contribution >= 4 is 41.0 Å². The summed E-state index contributed by atoms with van der Waals surface area (Å²) in [5.74, 6) is 0. The quantitative estimate of drug-likeness (QED) is 0.542. The molecular formula is C21H20O2S2Se. The van der Waals surface area contributed by atoms with Crippen LogP contribution in [-0.2, 0) is 21.6 Å². The van der Waals surface area contributed by atoms with Gasteiger partial charge >= 0.3 is 167 Å². The number of hydrogen-bond acceptors (Lipinski definition) is 2. The molecule has 134 valence electrons. The van der Waals surface area contributed by atoms with E-state index in [1.54, 1.807) is 0 Å². The molecule has 0 saturated heterocycles. The third kappa shape index (κ3) is 4.80. The standard InChI is InChI=1S/C21H20O2S2Se/c1-16-8-12-18(13-9-16)24(22)21(26-20-6-4-3-5-7-20)25(23)19-14-10-17(2)11-15-19/h3-15,21H,1-2H3. The van der Waals surface area contributed by atoms with E-state index in [0.29, 0.717) is 0 Å². The molecule has 0 aromatic heterocycles. The van der Waals surface area contributed by atoms with Crippen molar-refractivity contribution in [3.63, 3.8) is 0 Å². The Morgan fingerprint density at radius 3 is 1.50 bits per heavy atom. The van der Waals surface area contributed by atoms with Gasteiger partial charge < -0.3 is 0 Å². The third-order valence-electron chi connectivity index (χ3n) is 3.83. The molecule has 26 heavy (non-hydrogen) atoms. The Morgan fingerprint density at radius 2 is 1.08 bits per heavy atom. The summed E-state index contributed by atoms with van der Waals surface area (Å²) in [6, 6.07) is 25.3. The number of hydrogen-bond donors (Lipinski definition) is 0. The van der Waals surface area contributed by atoms with Crippen LogP contribution in [0.4, 0.5) is 0 Å². The van der Waals surface area contributed by atoms with Crippen molar-refractivity contribution in [2.45, 2.75) is 27.1 Å². The Bertz CT molecular complexity index is 850. The molecule has 0 spiro atoms. The Balaban J connectivity index is 1.95. The first kappa shape index (κ1) is 19.2. The van der Waals surface area contributed by atoms with Crippen molar-refractivity contribution in [2.24, 2.45) is 0 Å². The second kappa shape index (κ2) is 8.92. The molecule has 2 atom stereocenters. The summed E-state index contributed by atoms with van der Waals surface area (Å²) in [6.07, 6.45) is 0. The van der Waals surface area contributed by atoms with Crippen LogP contribution in [0.1, 0.15) is 11.1 Å². The van der Waals surface area contributed by atoms with Crippen LogP contribution in [0, 0.1) is 13.8 Å². The Morgan fingerprint density at radius 1 is 0.654 bits per heavy atom. The molecule has 0 bridgehead atoms. The first-order valence-corrected chi connectivity index (χ1v) is 12.5. The van der Waals surface area contributed by atoms with Crippen molar-refractivity contribution in [1.29, 1.82) is 0 Å². The van der Waals surface area contributed by atoms with E-state index in [2.05, 4.69) is 0 Å². The molecule has 2 nitrogen and oxygen atoms in total. The third-order valence-corrected chi connectivity index (χ3v) is 11.8. The molecule has 0 aliphatic heterocycles. The maximum absolute atomic E-state index is 13.3. The van der Waals surface area contributed by atoms with E-state index in [1.807, 2.05) is 92.7 Å². The number of benzene rings is 3. The van der Waals surface area contributed by atoms with Crippen molar-refractivity contribution in [2.75, 3.05) is 0 Å². The first-order valence-electron chi connectivity index (χ1n) is 8.21. The molecule has 5 heteroatoms. The summed E-state index contributed by atoms with van der Waals surface area (Å²) in [7, 11) is -2.68. The average molecular weight is 447 g/mol. The fourth-order valence-corrected chi connectivity index (χ4v) is 9.85. The van der Waals surface area contributed by atoms with Crippen LogP contribution in [0.3, 0.4) is 0 Å². The van der Waals surface area contributed by atoms with Crippen LogP contribution in [-0.4, -0.2) is 26.9 Å². The molecule has 0 radical (unpaired) electrons. The van der Waals surface area contributed by atoms with E-state index in [-0.39, 0.29) is 15.0 Å². The molecule has 0 aliphatic rings. The van der Waals surface area contributed by atoms with E-state index < -0.39 is 25.1 Å². The molecule has 0 heterocycles. The van der Waals surface area contributed by atoms with Gasteiger partial charge in [-0.2, -0.15) is 0 Å². The van der Waals surface area contributed by atoms with Crippen molar-refractivity contribution in [3.05, 3.63) is 90.0 Å². The maximum atomic E-state index is 13.3. The molecule has 0 N–H and O–H groups in total. The van der Waals surface area contributed by atoms with Gasteiger partial charge in [0.25, 0.3) is 0 Å². The number of rotatable bonds is 6. The van der Waals surface area contributed by atoms with Gasteiger partial charge in [0.2, 0.25) is 0 Å². The van der Waals surface area contributed by atoms with Crippen molar-refractivity contribution in [1.82, 2.24) is 0 Å². The predicted octanol–water partition coefficient (Wildman–Crippen LogP) is 3.53. The Hall–Kier alpha value is -1.52. The average Bonchev–Trinajstić information content (AvgIpc) is 2.67. The molecule has 0 fully saturated rings.